The van der Waals surface area contributed by atoms with Gasteiger partial charge in [-0.3, -0.25) is 4.79 Å². The Balaban J connectivity index is 2.68. The number of carboxylic acid groups (broad SMARTS) is 1. The fourth-order valence-corrected chi connectivity index (χ4v) is 2.35. The summed E-state index contributed by atoms with van der Waals surface area (Å²) < 4.78 is 0. The molecule has 0 aliphatic rings. The van der Waals surface area contributed by atoms with Crippen LogP contribution in [0.3, 0.4) is 0 Å². The van der Waals surface area contributed by atoms with Crippen LogP contribution in [0.15, 0.2) is 24.3 Å². The molecule has 1 aromatic carbocycles. The third-order valence-corrected chi connectivity index (χ3v) is 3.82. The molecule has 0 aromatic heterocycles. The van der Waals surface area contributed by atoms with Gasteiger partial charge in [-0.25, -0.2) is 4.79 Å². The van der Waals surface area contributed by atoms with Gasteiger partial charge in [-0.1, -0.05) is 23.2 Å². The number of aliphatic carboxylic acids is 1. The van der Waals surface area contributed by atoms with Gasteiger partial charge in [-0.05, 0) is 48.3 Å². The van der Waals surface area contributed by atoms with E-state index in [1.54, 1.807) is 18.2 Å². The summed E-state index contributed by atoms with van der Waals surface area (Å²) in [7, 11) is 0. The molecule has 21 heavy (non-hydrogen) atoms. The van der Waals surface area contributed by atoms with Gasteiger partial charge in [0.2, 0.25) is 5.91 Å². The maximum Gasteiger partial charge on any atom is 0.326 e. The summed E-state index contributed by atoms with van der Waals surface area (Å²) in [5.74, 6) is -0.882. The molecule has 7 heteroatoms. The van der Waals surface area contributed by atoms with Gasteiger partial charge in [0, 0.05) is 16.1 Å². The molecule has 1 aromatic rings. The van der Waals surface area contributed by atoms with Crippen LogP contribution in [0.2, 0.25) is 10.0 Å². The van der Waals surface area contributed by atoms with E-state index < -0.39 is 17.9 Å². The molecule has 0 spiro atoms. The van der Waals surface area contributed by atoms with E-state index >= 15 is 0 Å². The zero-order valence-corrected chi connectivity index (χ0v) is 13.6. The predicted octanol–water partition coefficient (Wildman–Crippen LogP) is 3.33. The van der Waals surface area contributed by atoms with E-state index in [9.17, 15) is 9.59 Å². The van der Waals surface area contributed by atoms with Gasteiger partial charge in [-0.2, -0.15) is 11.8 Å². The van der Waals surface area contributed by atoms with Crippen molar-refractivity contribution in [3.8, 4) is 0 Å². The van der Waals surface area contributed by atoms with Crippen LogP contribution < -0.4 is 5.32 Å². The molecule has 1 unspecified atom stereocenters. The maximum atomic E-state index is 11.7. The molecule has 0 saturated heterocycles. The minimum atomic E-state index is -1.05. The van der Waals surface area contributed by atoms with Crippen LogP contribution in [0, 0.1) is 0 Å². The standard InChI is InChI=1S/C14H15Cl2NO3S/c1-21-7-6-12(14(19)20)17-13(18)5-2-9-8-10(15)3-4-11(9)16/h2-5,8,12H,6-7H2,1H3,(H,17,18)(H,19,20)/b5-2+. The van der Waals surface area contributed by atoms with E-state index in [0.29, 0.717) is 27.8 Å². The molecule has 0 aliphatic carbocycles. The van der Waals surface area contributed by atoms with Crippen LogP contribution in [-0.2, 0) is 9.59 Å². The van der Waals surface area contributed by atoms with E-state index in [1.807, 2.05) is 6.26 Å². The van der Waals surface area contributed by atoms with Crippen molar-refractivity contribution in [1.82, 2.24) is 5.32 Å². The SMILES string of the molecule is CSCCC(NC(=O)/C=C/c1cc(Cl)ccc1Cl)C(=O)O. The topological polar surface area (TPSA) is 66.4 Å². The average molecular weight is 348 g/mol. The second-order valence-electron chi connectivity index (χ2n) is 4.18. The molecule has 2 N–H and O–H groups in total. The van der Waals surface area contributed by atoms with Gasteiger partial charge in [-0.15, -0.1) is 0 Å². The number of hydrogen-bond acceptors (Lipinski definition) is 3. The van der Waals surface area contributed by atoms with E-state index in [-0.39, 0.29) is 0 Å². The molecule has 0 saturated carbocycles. The van der Waals surface area contributed by atoms with Gasteiger partial charge in [0.1, 0.15) is 6.04 Å². The van der Waals surface area contributed by atoms with Crippen molar-refractivity contribution in [2.24, 2.45) is 0 Å². The van der Waals surface area contributed by atoms with Crippen LogP contribution in [0.25, 0.3) is 6.08 Å². The van der Waals surface area contributed by atoms with Gasteiger partial charge < -0.3 is 10.4 Å². The number of carbonyl (C=O) groups excluding carboxylic acids is 1. The van der Waals surface area contributed by atoms with Crippen LogP contribution in [-0.4, -0.2) is 35.0 Å². The Bertz CT molecular complexity index is 549. The first kappa shape index (κ1) is 17.9. The van der Waals surface area contributed by atoms with Crippen molar-refractivity contribution >= 4 is 52.9 Å². The summed E-state index contributed by atoms with van der Waals surface area (Å²) in [6.07, 6.45) is 4.99. The first-order valence-corrected chi connectivity index (χ1v) is 8.24. The van der Waals surface area contributed by atoms with Crippen molar-refractivity contribution in [3.05, 3.63) is 39.9 Å². The third-order valence-electron chi connectivity index (χ3n) is 2.60. The van der Waals surface area contributed by atoms with E-state index in [1.165, 1.54) is 23.9 Å². The number of carbonyl (C=O) groups is 2. The van der Waals surface area contributed by atoms with Gasteiger partial charge >= 0.3 is 5.97 Å². The van der Waals surface area contributed by atoms with E-state index in [4.69, 9.17) is 28.3 Å². The van der Waals surface area contributed by atoms with Crippen LogP contribution in [0.5, 0.6) is 0 Å². The lowest BCUT2D eigenvalue weighted by molar-refractivity contribution is -0.141. The minimum Gasteiger partial charge on any atom is -0.480 e. The highest BCUT2D eigenvalue weighted by atomic mass is 35.5. The molecule has 0 aliphatic heterocycles. The Morgan fingerprint density at radius 1 is 1.43 bits per heavy atom. The van der Waals surface area contributed by atoms with Crippen LogP contribution in [0.1, 0.15) is 12.0 Å². The third kappa shape index (κ3) is 6.42. The lowest BCUT2D eigenvalue weighted by atomic mass is 10.2. The average Bonchev–Trinajstić information content (AvgIpc) is 2.44. The van der Waals surface area contributed by atoms with E-state index in [2.05, 4.69) is 5.32 Å². The highest BCUT2D eigenvalue weighted by molar-refractivity contribution is 7.98. The molecule has 0 heterocycles. The number of carboxylic acids is 1. The Labute approximate surface area is 137 Å². The normalized spacial score (nSPS) is 12.3. The van der Waals surface area contributed by atoms with Gasteiger partial charge in [0.15, 0.2) is 0 Å². The minimum absolute atomic E-state index is 0.369. The van der Waals surface area contributed by atoms with Crippen molar-refractivity contribution in [2.45, 2.75) is 12.5 Å². The molecule has 1 amide bonds. The first-order valence-electron chi connectivity index (χ1n) is 6.09. The number of hydrogen-bond donors (Lipinski definition) is 2. The number of amides is 1. The monoisotopic (exact) mass is 347 g/mol. The smallest absolute Gasteiger partial charge is 0.326 e. The lowest BCUT2D eigenvalue weighted by Gasteiger charge is -2.12. The largest absolute Gasteiger partial charge is 0.480 e. The molecule has 4 nitrogen and oxygen atoms in total. The Kier molecular flexibility index (Phi) is 7.64. The maximum absolute atomic E-state index is 11.7. The number of thioether (sulfide) groups is 1. The number of rotatable bonds is 7. The van der Waals surface area contributed by atoms with Crippen molar-refractivity contribution in [2.75, 3.05) is 12.0 Å². The summed E-state index contributed by atoms with van der Waals surface area (Å²) in [6, 6.07) is 3.99. The second kappa shape index (κ2) is 8.97. The summed E-state index contributed by atoms with van der Waals surface area (Å²) in [5.41, 5.74) is 0.593. The van der Waals surface area contributed by atoms with E-state index in [0.717, 1.165) is 0 Å². The van der Waals surface area contributed by atoms with Crippen LogP contribution in [0.4, 0.5) is 0 Å². The quantitative estimate of drug-likeness (QED) is 0.742. The highest BCUT2D eigenvalue weighted by Crippen LogP contribution is 2.21. The lowest BCUT2D eigenvalue weighted by Crippen LogP contribution is -2.40. The summed E-state index contributed by atoms with van der Waals surface area (Å²) in [5, 5.41) is 12.4. The second-order valence-corrected chi connectivity index (χ2v) is 6.01. The van der Waals surface area contributed by atoms with Crippen molar-refractivity contribution < 1.29 is 14.7 Å². The summed E-state index contributed by atoms with van der Waals surface area (Å²) in [6.45, 7) is 0. The Morgan fingerprint density at radius 3 is 2.76 bits per heavy atom. The summed E-state index contributed by atoms with van der Waals surface area (Å²) >= 11 is 13.3. The first-order chi connectivity index (χ1) is 9.93. The van der Waals surface area contributed by atoms with Crippen LogP contribution >= 0.6 is 35.0 Å². The van der Waals surface area contributed by atoms with Crippen molar-refractivity contribution in [1.29, 1.82) is 0 Å². The zero-order valence-electron chi connectivity index (χ0n) is 11.3. The zero-order chi connectivity index (χ0) is 15.8. The molecule has 114 valence electrons. The molecule has 0 bridgehead atoms. The Morgan fingerprint density at radius 2 is 2.14 bits per heavy atom. The molecular formula is C14H15Cl2NO3S. The molecule has 1 atom stereocenters. The predicted molar refractivity (Wildman–Crippen MR) is 88.1 cm³/mol. The van der Waals surface area contributed by atoms with Crippen molar-refractivity contribution in [3.63, 3.8) is 0 Å². The Hall–Kier alpha value is -1.17. The number of halogens is 2. The fraction of sp³-hybridized carbons (Fsp3) is 0.286. The number of benzene rings is 1. The van der Waals surface area contributed by atoms with Gasteiger partial charge in [0.05, 0.1) is 0 Å². The molecule has 0 radical (unpaired) electrons. The summed E-state index contributed by atoms with van der Waals surface area (Å²) in [4.78, 5) is 22.8. The molecule has 0 fully saturated rings. The highest BCUT2D eigenvalue weighted by Gasteiger charge is 2.17. The fourth-order valence-electron chi connectivity index (χ4n) is 1.52. The van der Waals surface area contributed by atoms with Gasteiger partial charge in [0.25, 0.3) is 0 Å². The molecule has 1 rings (SSSR count). The number of nitrogens with one attached hydrogen (secondary N) is 1. The molecular weight excluding hydrogens is 333 g/mol.